The highest BCUT2D eigenvalue weighted by molar-refractivity contribution is 5.96. The van der Waals surface area contributed by atoms with Gasteiger partial charge < -0.3 is 15.4 Å². The lowest BCUT2D eigenvalue weighted by atomic mass is 10.1. The van der Waals surface area contributed by atoms with Crippen LogP contribution in [-0.2, 0) is 4.74 Å². The first-order chi connectivity index (χ1) is 10.1. The van der Waals surface area contributed by atoms with Crippen LogP contribution in [-0.4, -0.2) is 36.6 Å². The Bertz CT molecular complexity index is 551. The largest absolute Gasteiger partial charge is 0.399 e. The van der Waals surface area contributed by atoms with Crippen LogP contribution in [0.5, 0.6) is 0 Å². The molecule has 0 aromatic heterocycles. The second kappa shape index (κ2) is 5.64. The van der Waals surface area contributed by atoms with Crippen LogP contribution in [0.25, 0.3) is 0 Å². The number of halogens is 1. The first-order valence-electron chi connectivity index (χ1n) is 7.50. The van der Waals surface area contributed by atoms with Crippen molar-refractivity contribution in [1.29, 1.82) is 0 Å². The van der Waals surface area contributed by atoms with Crippen molar-refractivity contribution in [3.8, 4) is 0 Å². The van der Waals surface area contributed by atoms with Gasteiger partial charge in [-0.15, -0.1) is 0 Å². The average molecular weight is 292 g/mol. The summed E-state index contributed by atoms with van der Waals surface area (Å²) in [5.74, 6) is -0.334. The number of ether oxygens (including phenoxy) is 1. The van der Waals surface area contributed by atoms with E-state index in [1.165, 1.54) is 6.07 Å². The van der Waals surface area contributed by atoms with Crippen LogP contribution < -0.4 is 5.73 Å². The minimum atomic E-state index is -0.456. The van der Waals surface area contributed by atoms with E-state index in [2.05, 4.69) is 0 Å². The Morgan fingerprint density at radius 3 is 2.81 bits per heavy atom. The number of nitrogens with zero attached hydrogens (tertiary/aromatic N) is 1. The quantitative estimate of drug-likeness (QED) is 0.867. The van der Waals surface area contributed by atoms with Crippen LogP contribution in [0.1, 0.15) is 35.2 Å². The van der Waals surface area contributed by atoms with Gasteiger partial charge in [-0.1, -0.05) is 0 Å². The molecule has 1 atom stereocenters. The maximum Gasteiger partial charge on any atom is 0.257 e. The van der Waals surface area contributed by atoms with Gasteiger partial charge in [0.2, 0.25) is 0 Å². The Balaban J connectivity index is 1.83. The fourth-order valence-electron chi connectivity index (χ4n) is 2.90. The number of amides is 1. The van der Waals surface area contributed by atoms with Gasteiger partial charge in [0.05, 0.1) is 12.2 Å². The van der Waals surface area contributed by atoms with Crippen molar-refractivity contribution in [3.05, 3.63) is 29.1 Å². The van der Waals surface area contributed by atoms with Gasteiger partial charge in [-0.3, -0.25) is 4.79 Å². The summed E-state index contributed by atoms with van der Waals surface area (Å²) in [6.07, 6.45) is 2.97. The van der Waals surface area contributed by atoms with Crippen LogP contribution in [0.2, 0.25) is 0 Å². The normalized spacial score (nSPS) is 21.5. The monoisotopic (exact) mass is 292 g/mol. The summed E-state index contributed by atoms with van der Waals surface area (Å²) < 4.78 is 19.6. The lowest BCUT2D eigenvalue weighted by Crippen LogP contribution is -2.38. The Kier molecular flexibility index (Phi) is 3.85. The van der Waals surface area contributed by atoms with E-state index < -0.39 is 5.82 Å². The molecule has 4 nitrogen and oxygen atoms in total. The first-order valence-corrected chi connectivity index (χ1v) is 7.50. The molecule has 2 fully saturated rings. The lowest BCUT2D eigenvalue weighted by Gasteiger charge is -2.25. The van der Waals surface area contributed by atoms with Gasteiger partial charge >= 0.3 is 0 Å². The van der Waals surface area contributed by atoms with Crippen molar-refractivity contribution in [2.24, 2.45) is 5.92 Å². The fraction of sp³-hybridized carbons (Fsp3) is 0.562. The van der Waals surface area contributed by atoms with Crippen molar-refractivity contribution in [2.45, 2.75) is 32.2 Å². The smallest absolute Gasteiger partial charge is 0.257 e. The second-order valence-electron chi connectivity index (χ2n) is 6.12. The van der Waals surface area contributed by atoms with Gasteiger partial charge in [0.25, 0.3) is 5.91 Å². The molecular weight excluding hydrogens is 271 g/mol. The van der Waals surface area contributed by atoms with E-state index in [1.807, 2.05) is 4.90 Å². The maximum absolute atomic E-state index is 14.3. The molecule has 1 saturated carbocycles. The molecular formula is C16H21FN2O2. The van der Waals surface area contributed by atoms with E-state index in [1.54, 1.807) is 13.0 Å². The third-order valence-electron chi connectivity index (χ3n) is 4.23. The Hall–Kier alpha value is -1.62. The second-order valence-corrected chi connectivity index (χ2v) is 6.12. The number of carbonyl (C=O) groups is 1. The highest BCUT2D eigenvalue weighted by Gasteiger charge is 2.36. The minimum Gasteiger partial charge on any atom is -0.399 e. The predicted octanol–water partition coefficient (Wildman–Crippen LogP) is 2.36. The summed E-state index contributed by atoms with van der Waals surface area (Å²) in [6, 6.07) is 3.25. The number of hydrogen-bond donors (Lipinski definition) is 1. The van der Waals surface area contributed by atoms with E-state index in [0.29, 0.717) is 30.3 Å². The zero-order chi connectivity index (χ0) is 15.0. The summed E-state index contributed by atoms with van der Waals surface area (Å²) >= 11 is 0. The summed E-state index contributed by atoms with van der Waals surface area (Å²) in [6.45, 7) is 3.73. The number of nitrogens with two attached hydrogens (primary N) is 1. The van der Waals surface area contributed by atoms with E-state index in [0.717, 1.165) is 25.9 Å². The molecule has 3 rings (SSSR count). The Morgan fingerprint density at radius 2 is 2.19 bits per heavy atom. The number of nitrogen functional groups attached to an aromatic ring is 1. The number of rotatable bonds is 4. The number of anilines is 1. The molecule has 1 amide bonds. The minimum absolute atomic E-state index is 0.0957. The van der Waals surface area contributed by atoms with Crippen molar-refractivity contribution in [1.82, 2.24) is 4.90 Å². The van der Waals surface area contributed by atoms with Crippen molar-refractivity contribution in [3.63, 3.8) is 0 Å². The van der Waals surface area contributed by atoms with E-state index in [9.17, 15) is 9.18 Å². The van der Waals surface area contributed by atoms with E-state index in [-0.39, 0.29) is 17.5 Å². The van der Waals surface area contributed by atoms with Crippen molar-refractivity contribution < 1.29 is 13.9 Å². The third-order valence-corrected chi connectivity index (χ3v) is 4.23. The first kappa shape index (κ1) is 14.3. The van der Waals surface area contributed by atoms with Crippen LogP contribution >= 0.6 is 0 Å². The molecule has 0 bridgehead atoms. The van der Waals surface area contributed by atoms with E-state index in [4.69, 9.17) is 10.5 Å². The van der Waals surface area contributed by atoms with Crippen LogP contribution in [0.15, 0.2) is 12.1 Å². The highest BCUT2D eigenvalue weighted by Crippen LogP contribution is 2.31. The summed E-state index contributed by atoms with van der Waals surface area (Å²) in [5, 5.41) is 0. The number of hydrogen-bond acceptors (Lipinski definition) is 3. The molecule has 1 aromatic rings. The maximum atomic E-state index is 14.3. The molecule has 0 spiro atoms. The summed E-state index contributed by atoms with van der Waals surface area (Å²) in [5.41, 5.74) is 6.70. The lowest BCUT2D eigenvalue weighted by molar-refractivity contribution is 0.0701. The molecule has 2 aliphatic rings. The molecule has 1 saturated heterocycles. The number of benzene rings is 1. The summed E-state index contributed by atoms with van der Waals surface area (Å²) in [7, 11) is 0. The Labute approximate surface area is 124 Å². The summed E-state index contributed by atoms with van der Waals surface area (Å²) in [4.78, 5) is 14.5. The molecule has 114 valence electrons. The highest BCUT2D eigenvalue weighted by atomic mass is 19.1. The third kappa shape index (κ3) is 3.02. The topological polar surface area (TPSA) is 55.6 Å². The number of carbonyl (C=O) groups excluding carboxylic acids is 1. The van der Waals surface area contributed by atoms with Crippen molar-refractivity contribution >= 4 is 11.6 Å². The van der Waals surface area contributed by atoms with Crippen LogP contribution in [0.3, 0.4) is 0 Å². The molecule has 0 radical (unpaired) electrons. The molecule has 1 unspecified atom stereocenters. The van der Waals surface area contributed by atoms with Crippen LogP contribution in [0, 0.1) is 18.7 Å². The molecule has 21 heavy (non-hydrogen) atoms. The van der Waals surface area contributed by atoms with Gasteiger partial charge in [0.1, 0.15) is 5.82 Å². The number of aryl methyl sites for hydroxylation is 1. The SMILES string of the molecule is Cc1cc(N)cc(C(=O)N(CC2CCOC2)C2CC2)c1F. The van der Waals surface area contributed by atoms with Gasteiger partial charge in [0.15, 0.2) is 0 Å². The van der Waals surface area contributed by atoms with Gasteiger partial charge in [0, 0.05) is 30.8 Å². The fourth-order valence-corrected chi connectivity index (χ4v) is 2.90. The Morgan fingerprint density at radius 1 is 1.43 bits per heavy atom. The molecule has 1 aromatic carbocycles. The predicted molar refractivity (Wildman–Crippen MR) is 78.5 cm³/mol. The van der Waals surface area contributed by atoms with Gasteiger partial charge in [-0.25, -0.2) is 4.39 Å². The van der Waals surface area contributed by atoms with E-state index >= 15 is 0 Å². The molecule has 1 aliphatic carbocycles. The zero-order valence-corrected chi connectivity index (χ0v) is 12.3. The van der Waals surface area contributed by atoms with Crippen molar-refractivity contribution in [2.75, 3.05) is 25.5 Å². The molecule has 1 heterocycles. The molecule has 1 aliphatic heterocycles. The van der Waals surface area contributed by atoms with Gasteiger partial charge in [-0.2, -0.15) is 0 Å². The van der Waals surface area contributed by atoms with Crippen LogP contribution in [0.4, 0.5) is 10.1 Å². The average Bonchev–Trinajstić information content (AvgIpc) is 3.16. The molecule has 5 heteroatoms. The molecule has 2 N–H and O–H groups in total. The standard InChI is InChI=1S/C16H21FN2O2/c1-10-6-12(18)7-14(15(10)17)16(20)19(13-2-3-13)8-11-4-5-21-9-11/h6-7,11,13H,2-5,8-9,18H2,1H3. The zero-order valence-electron chi connectivity index (χ0n) is 12.3. The van der Waals surface area contributed by atoms with Gasteiger partial charge in [-0.05, 0) is 43.9 Å².